The largest absolute Gasteiger partial charge is 0.343 e. The number of nitrogens with one attached hydrogen (secondary N) is 2. The van der Waals surface area contributed by atoms with E-state index >= 15 is 0 Å². The molecule has 0 saturated carbocycles. The van der Waals surface area contributed by atoms with Gasteiger partial charge in [0.2, 0.25) is 5.91 Å². The Hall–Kier alpha value is -2.93. The molecular formula is C16H14ClN3O4. The minimum atomic E-state index is -0.570. The Labute approximate surface area is 142 Å². The quantitative estimate of drug-likeness (QED) is 0.641. The second-order valence-electron chi connectivity index (χ2n) is 5.00. The Bertz CT molecular complexity index is 808. The van der Waals surface area contributed by atoms with Crippen molar-refractivity contribution in [3.63, 3.8) is 0 Å². The lowest BCUT2D eigenvalue weighted by Gasteiger charge is -2.08. The lowest BCUT2D eigenvalue weighted by Crippen LogP contribution is -2.32. The molecule has 2 N–H and O–H groups in total. The Kier molecular flexibility index (Phi) is 5.49. The highest BCUT2D eigenvalue weighted by Crippen LogP contribution is 2.19. The van der Waals surface area contributed by atoms with E-state index in [1.54, 1.807) is 31.2 Å². The summed E-state index contributed by atoms with van der Waals surface area (Å²) >= 11 is 5.81. The molecular weight excluding hydrogens is 334 g/mol. The number of anilines is 1. The SMILES string of the molecule is Cc1ccc(C(=O)NCC(=O)Nc2cccc(Cl)c2)cc1[N+](=O)[O-]. The fourth-order valence-corrected chi connectivity index (χ4v) is 2.17. The molecule has 0 spiro atoms. The molecule has 24 heavy (non-hydrogen) atoms. The zero-order valence-corrected chi connectivity index (χ0v) is 13.5. The first-order valence-electron chi connectivity index (χ1n) is 6.95. The number of hydrogen-bond donors (Lipinski definition) is 2. The molecule has 0 saturated heterocycles. The number of carbonyl (C=O) groups excluding carboxylic acids is 2. The molecule has 7 nitrogen and oxygen atoms in total. The van der Waals surface area contributed by atoms with Crippen LogP contribution in [0.3, 0.4) is 0 Å². The first kappa shape index (κ1) is 17.4. The van der Waals surface area contributed by atoms with Crippen molar-refractivity contribution in [3.05, 3.63) is 68.7 Å². The summed E-state index contributed by atoms with van der Waals surface area (Å²) in [6.45, 7) is 1.31. The number of carbonyl (C=O) groups is 2. The summed E-state index contributed by atoms with van der Waals surface area (Å²) in [6, 6.07) is 10.7. The van der Waals surface area contributed by atoms with Gasteiger partial charge in [0.05, 0.1) is 11.5 Å². The molecule has 0 aliphatic rings. The summed E-state index contributed by atoms with van der Waals surface area (Å²) in [5, 5.41) is 16.4. The molecule has 0 heterocycles. The van der Waals surface area contributed by atoms with Gasteiger partial charge in [-0.1, -0.05) is 23.7 Å². The first-order chi connectivity index (χ1) is 11.4. The van der Waals surface area contributed by atoms with Crippen molar-refractivity contribution in [1.82, 2.24) is 5.32 Å². The van der Waals surface area contributed by atoms with Crippen LogP contribution in [0.5, 0.6) is 0 Å². The molecule has 0 atom stereocenters. The van der Waals surface area contributed by atoms with E-state index < -0.39 is 16.7 Å². The summed E-state index contributed by atoms with van der Waals surface area (Å²) < 4.78 is 0. The minimum absolute atomic E-state index is 0.114. The van der Waals surface area contributed by atoms with Gasteiger partial charge in [-0.15, -0.1) is 0 Å². The zero-order chi connectivity index (χ0) is 17.7. The molecule has 0 aromatic heterocycles. The monoisotopic (exact) mass is 347 g/mol. The number of rotatable bonds is 5. The van der Waals surface area contributed by atoms with E-state index in [1.807, 2.05) is 0 Å². The predicted molar refractivity (Wildman–Crippen MR) is 90.2 cm³/mol. The van der Waals surface area contributed by atoms with Crippen molar-refractivity contribution in [1.29, 1.82) is 0 Å². The maximum absolute atomic E-state index is 12.0. The molecule has 0 aliphatic heterocycles. The summed E-state index contributed by atoms with van der Waals surface area (Å²) in [6.07, 6.45) is 0. The number of nitrogens with zero attached hydrogens (tertiary/aromatic N) is 1. The molecule has 2 aromatic rings. The molecule has 2 amide bonds. The molecule has 0 bridgehead atoms. The van der Waals surface area contributed by atoms with Gasteiger partial charge in [-0.05, 0) is 31.2 Å². The molecule has 2 aromatic carbocycles. The van der Waals surface area contributed by atoms with Crippen molar-refractivity contribution < 1.29 is 14.5 Å². The lowest BCUT2D eigenvalue weighted by atomic mass is 10.1. The van der Waals surface area contributed by atoms with E-state index in [0.717, 1.165) is 0 Å². The summed E-state index contributed by atoms with van der Waals surface area (Å²) in [5.41, 5.74) is 0.928. The van der Waals surface area contributed by atoms with Crippen LogP contribution < -0.4 is 10.6 Å². The van der Waals surface area contributed by atoms with Crippen molar-refractivity contribution in [3.8, 4) is 0 Å². The van der Waals surface area contributed by atoms with Crippen LogP contribution in [0.1, 0.15) is 15.9 Å². The second-order valence-corrected chi connectivity index (χ2v) is 5.44. The fraction of sp³-hybridized carbons (Fsp3) is 0.125. The maximum Gasteiger partial charge on any atom is 0.273 e. The molecule has 124 valence electrons. The standard InChI is InChI=1S/C16H14ClN3O4/c1-10-5-6-11(7-14(10)20(23)24)16(22)18-9-15(21)19-13-4-2-3-12(17)8-13/h2-8H,9H2,1H3,(H,18,22)(H,19,21). The van der Waals surface area contributed by atoms with Gasteiger partial charge in [0.25, 0.3) is 11.6 Å². The summed E-state index contributed by atoms with van der Waals surface area (Å²) in [5.74, 6) is -1.01. The number of benzene rings is 2. The van der Waals surface area contributed by atoms with Gasteiger partial charge in [0, 0.05) is 27.9 Å². The average Bonchev–Trinajstić information content (AvgIpc) is 2.52. The van der Waals surface area contributed by atoms with Crippen LogP contribution in [0, 0.1) is 17.0 Å². The Balaban J connectivity index is 1.96. The third-order valence-electron chi connectivity index (χ3n) is 3.19. The van der Waals surface area contributed by atoms with Crippen molar-refractivity contribution in [2.75, 3.05) is 11.9 Å². The summed E-state index contributed by atoms with van der Waals surface area (Å²) in [7, 11) is 0. The zero-order valence-electron chi connectivity index (χ0n) is 12.7. The van der Waals surface area contributed by atoms with Gasteiger partial charge in [-0.3, -0.25) is 19.7 Å². The normalized spacial score (nSPS) is 10.1. The van der Waals surface area contributed by atoms with Gasteiger partial charge >= 0.3 is 0 Å². The van der Waals surface area contributed by atoms with E-state index in [4.69, 9.17) is 11.6 Å². The van der Waals surface area contributed by atoms with E-state index in [9.17, 15) is 19.7 Å². The van der Waals surface area contributed by atoms with Crippen LogP contribution in [-0.4, -0.2) is 23.3 Å². The van der Waals surface area contributed by atoms with Gasteiger partial charge < -0.3 is 10.6 Å². The number of amides is 2. The van der Waals surface area contributed by atoms with Gasteiger partial charge in [-0.2, -0.15) is 0 Å². The number of halogens is 1. The third kappa shape index (κ3) is 4.53. The van der Waals surface area contributed by atoms with Gasteiger partial charge in [-0.25, -0.2) is 0 Å². The molecule has 0 fully saturated rings. The highest BCUT2D eigenvalue weighted by molar-refractivity contribution is 6.30. The van der Waals surface area contributed by atoms with E-state index in [-0.39, 0.29) is 17.8 Å². The molecule has 0 unspecified atom stereocenters. The summed E-state index contributed by atoms with van der Waals surface area (Å²) in [4.78, 5) is 34.2. The predicted octanol–water partition coefficient (Wildman–Crippen LogP) is 2.93. The second kappa shape index (κ2) is 7.56. The molecule has 2 rings (SSSR count). The van der Waals surface area contributed by atoms with Gasteiger partial charge in [0.15, 0.2) is 0 Å². The van der Waals surface area contributed by atoms with Crippen LogP contribution in [-0.2, 0) is 4.79 Å². The van der Waals surface area contributed by atoms with Crippen LogP contribution in [0.4, 0.5) is 11.4 Å². The van der Waals surface area contributed by atoms with Crippen LogP contribution in [0.15, 0.2) is 42.5 Å². The van der Waals surface area contributed by atoms with Crippen molar-refractivity contribution >= 4 is 34.8 Å². The molecule has 0 radical (unpaired) electrons. The van der Waals surface area contributed by atoms with E-state index in [1.165, 1.54) is 18.2 Å². The van der Waals surface area contributed by atoms with Crippen LogP contribution in [0.25, 0.3) is 0 Å². The number of nitro benzene ring substituents is 1. The van der Waals surface area contributed by atoms with E-state index in [0.29, 0.717) is 16.3 Å². The van der Waals surface area contributed by atoms with Crippen LogP contribution in [0.2, 0.25) is 5.02 Å². The highest BCUT2D eigenvalue weighted by Gasteiger charge is 2.15. The topological polar surface area (TPSA) is 101 Å². The maximum atomic E-state index is 12.0. The van der Waals surface area contributed by atoms with E-state index in [2.05, 4.69) is 10.6 Å². The fourth-order valence-electron chi connectivity index (χ4n) is 1.98. The lowest BCUT2D eigenvalue weighted by molar-refractivity contribution is -0.385. The van der Waals surface area contributed by atoms with Crippen LogP contribution >= 0.6 is 11.6 Å². The Morgan fingerprint density at radius 1 is 1.21 bits per heavy atom. The third-order valence-corrected chi connectivity index (χ3v) is 3.42. The molecule has 8 heteroatoms. The highest BCUT2D eigenvalue weighted by atomic mass is 35.5. The Morgan fingerprint density at radius 3 is 2.62 bits per heavy atom. The number of hydrogen-bond acceptors (Lipinski definition) is 4. The van der Waals surface area contributed by atoms with Crippen molar-refractivity contribution in [2.45, 2.75) is 6.92 Å². The number of aryl methyl sites for hydroxylation is 1. The minimum Gasteiger partial charge on any atom is -0.343 e. The average molecular weight is 348 g/mol. The smallest absolute Gasteiger partial charge is 0.273 e. The molecule has 0 aliphatic carbocycles. The van der Waals surface area contributed by atoms with Gasteiger partial charge in [0.1, 0.15) is 0 Å². The first-order valence-corrected chi connectivity index (χ1v) is 7.33. The van der Waals surface area contributed by atoms with Crippen molar-refractivity contribution in [2.24, 2.45) is 0 Å². The number of nitro groups is 1. The Morgan fingerprint density at radius 2 is 1.96 bits per heavy atom.